The predicted molar refractivity (Wildman–Crippen MR) is 232 cm³/mol. The Balaban J connectivity index is 1.12. The number of fused-ring (bicyclic) bond motifs is 9. The van der Waals surface area contributed by atoms with Crippen LogP contribution in [-0.2, 0) is 0 Å². The van der Waals surface area contributed by atoms with Gasteiger partial charge in [0.2, 0.25) is 0 Å². The van der Waals surface area contributed by atoms with E-state index in [1.807, 2.05) is 6.07 Å². The summed E-state index contributed by atoms with van der Waals surface area (Å²) in [5, 5.41) is 11.3. The summed E-state index contributed by atoms with van der Waals surface area (Å²) in [4.78, 5) is 16.5. The van der Waals surface area contributed by atoms with Gasteiger partial charge in [-0.25, -0.2) is 15.0 Å². The molecule has 11 rings (SSSR count). The zero-order valence-corrected chi connectivity index (χ0v) is 30.5. The summed E-state index contributed by atoms with van der Waals surface area (Å²) in [6.07, 6.45) is 0. The molecule has 0 atom stereocenters. The molecule has 0 saturated heterocycles. The van der Waals surface area contributed by atoms with Gasteiger partial charge in [0.05, 0.1) is 4.88 Å². The van der Waals surface area contributed by atoms with Gasteiger partial charge >= 0.3 is 0 Å². The first-order valence-corrected chi connectivity index (χ1v) is 19.3. The molecule has 3 nitrogen and oxygen atoms in total. The van der Waals surface area contributed by atoms with Crippen LogP contribution < -0.4 is 0 Å². The van der Waals surface area contributed by atoms with Gasteiger partial charge in [-0.1, -0.05) is 158 Å². The van der Waals surface area contributed by atoms with Gasteiger partial charge in [0, 0.05) is 15.8 Å². The van der Waals surface area contributed by atoms with Crippen LogP contribution in [0.4, 0.5) is 0 Å². The van der Waals surface area contributed by atoms with Crippen LogP contribution in [0.3, 0.4) is 0 Å². The normalized spacial score (nSPS) is 11.6. The quantitative estimate of drug-likeness (QED) is 0.166. The molecule has 0 bridgehead atoms. The van der Waals surface area contributed by atoms with E-state index in [4.69, 9.17) is 15.0 Å². The van der Waals surface area contributed by atoms with Crippen LogP contribution in [0.25, 0.3) is 109 Å². The van der Waals surface area contributed by atoms with Crippen molar-refractivity contribution in [1.82, 2.24) is 15.0 Å². The molecule has 256 valence electrons. The zero-order valence-electron chi connectivity index (χ0n) is 29.6. The van der Waals surface area contributed by atoms with Crippen molar-refractivity contribution in [2.45, 2.75) is 0 Å². The fraction of sp³-hybridized carbons (Fsp3) is 0. The van der Waals surface area contributed by atoms with E-state index in [9.17, 15) is 0 Å². The largest absolute Gasteiger partial charge is 0.208 e. The zero-order chi connectivity index (χ0) is 36.3. The van der Waals surface area contributed by atoms with Crippen molar-refractivity contribution >= 4 is 64.5 Å². The van der Waals surface area contributed by atoms with Crippen molar-refractivity contribution in [1.29, 1.82) is 0 Å². The lowest BCUT2D eigenvalue weighted by atomic mass is 9.87. The van der Waals surface area contributed by atoms with E-state index < -0.39 is 0 Å². The molecular formula is C51H31N3S. The Kier molecular flexibility index (Phi) is 7.35. The lowest BCUT2D eigenvalue weighted by Crippen LogP contribution is -1.99. The summed E-state index contributed by atoms with van der Waals surface area (Å²) < 4.78 is 1.21. The van der Waals surface area contributed by atoms with Crippen molar-refractivity contribution in [3.05, 3.63) is 188 Å². The minimum atomic E-state index is 0.644. The van der Waals surface area contributed by atoms with Gasteiger partial charge in [-0.2, -0.15) is 0 Å². The minimum Gasteiger partial charge on any atom is -0.208 e. The van der Waals surface area contributed by atoms with Crippen LogP contribution in [0.1, 0.15) is 0 Å². The fourth-order valence-electron chi connectivity index (χ4n) is 8.14. The first kappa shape index (κ1) is 31.5. The van der Waals surface area contributed by atoms with Crippen molar-refractivity contribution in [2.24, 2.45) is 0 Å². The molecule has 0 fully saturated rings. The number of rotatable bonds is 5. The summed E-state index contributed by atoms with van der Waals surface area (Å²) in [7, 11) is 0. The van der Waals surface area contributed by atoms with E-state index in [0.29, 0.717) is 17.5 Å². The Morgan fingerprint density at radius 3 is 1.51 bits per heavy atom. The maximum absolute atomic E-state index is 5.19. The minimum absolute atomic E-state index is 0.644. The van der Waals surface area contributed by atoms with E-state index in [0.717, 1.165) is 32.7 Å². The molecule has 0 aliphatic rings. The summed E-state index contributed by atoms with van der Waals surface area (Å²) in [5.41, 5.74) is 6.45. The number of hydrogen-bond acceptors (Lipinski definition) is 4. The highest BCUT2D eigenvalue weighted by atomic mass is 32.1. The molecule has 2 aromatic heterocycles. The second kappa shape index (κ2) is 12.8. The maximum Gasteiger partial charge on any atom is 0.174 e. The van der Waals surface area contributed by atoms with E-state index in [1.54, 1.807) is 11.3 Å². The second-order valence-electron chi connectivity index (χ2n) is 14.0. The van der Waals surface area contributed by atoms with Gasteiger partial charge in [-0.05, 0) is 101 Å². The Labute approximate surface area is 321 Å². The van der Waals surface area contributed by atoms with E-state index in [1.165, 1.54) is 58.7 Å². The molecule has 2 heterocycles. The van der Waals surface area contributed by atoms with Crippen LogP contribution in [0.5, 0.6) is 0 Å². The second-order valence-corrected chi connectivity index (χ2v) is 15.0. The first-order chi connectivity index (χ1) is 27.2. The third kappa shape index (κ3) is 5.38. The standard InChI is InChI=1S/C51H31N3S/c1-2-14-32(15-3-1)33-17-12-19-36(28-33)49-52-50(54-51(53-49)47-30-35-16-4-11-27-46(35)55-47)37-20-13-18-34(29-37)44-31-45-40-23-6-5-21-38(40)39-22-7-9-25-42(39)48(45)43-26-10-8-24-41(43)44/h1-31H. The molecular weight excluding hydrogens is 687 g/mol. The van der Waals surface area contributed by atoms with Gasteiger partial charge in [0.25, 0.3) is 0 Å². The third-order valence-electron chi connectivity index (χ3n) is 10.7. The Morgan fingerprint density at radius 2 is 0.800 bits per heavy atom. The summed E-state index contributed by atoms with van der Waals surface area (Å²) in [6.45, 7) is 0. The first-order valence-electron chi connectivity index (χ1n) is 18.5. The topological polar surface area (TPSA) is 38.7 Å². The van der Waals surface area contributed by atoms with E-state index >= 15 is 0 Å². The van der Waals surface area contributed by atoms with Crippen LogP contribution in [0, 0.1) is 0 Å². The molecule has 0 N–H and O–H groups in total. The average molecular weight is 718 g/mol. The molecule has 0 amide bonds. The van der Waals surface area contributed by atoms with E-state index in [-0.39, 0.29) is 0 Å². The van der Waals surface area contributed by atoms with Gasteiger partial charge in [0.1, 0.15) is 0 Å². The Hall–Kier alpha value is -7.01. The molecule has 4 heteroatoms. The van der Waals surface area contributed by atoms with Crippen molar-refractivity contribution in [2.75, 3.05) is 0 Å². The van der Waals surface area contributed by atoms with Crippen LogP contribution >= 0.6 is 11.3 Å². The molecule has 0 spiro atoms. The van der Waals surface area contributed by atoms with Gasteiger partial charge in [-0.15, -0.1) is 11.3 Å². The van der Waals surface area contributed by atoms with Crippen molar-refractivity contribution in [3.63, 3.8) is 0 Å². The van der Waals surface area contributed by atoms with Gasteiger partial charge < -0.3 is 0 Å². The average Bonchev–Trinajstić information content (AvgIpc) is 3.71. The number of benzene rings is 9. The smallest absolute Gasteiger partial charge is 0.174 e. The molecule has 0 radical (unpaired) electrons. The predicted octanol–water partition coefficient (Wildman–Crippen LogP) is 14.0. The van der Waals surface area contributed by atoms with Crippen molar-refractivity contribution in [3.8, 4) is 55.7 Å². The number of hydrogen-bond donors (Lipinski definition) is 0. The third-order valence-corrected chi connectivity index (χ3v) is 11.8. The highest BCUT2D eigenvalue weighted by molar-refractivity contribution is 7.22. The highest BCUT2D eigenvalue weighted by Crippen LogP contribution is 2.43. The van der Waals surface area contributed by atoms with Crippen LogP contribution in [0.2, 0.25) is 0 Å². The summed E-state index contributed by atoms with van der Waals surface area (Å²) in [5.74, 6) is 1.97. The van der Waals surface area contributed by atoms with E-state index in [2.05, 4.69) is 182 Å². The fourth-order valence-corrected chi connectivity index (χ4v) is 9.13. The van der Waals surface area contributed by atoms with Gasteiger partial charge in [0.15, 0.2) is 17.5 Å². The SMILES string of the molecule is c1ccc(-c2cccc(-c3nc(-c4cccc(-c5cc6c7ccccc7c7ccccc7c6c6ccccc56)c4)nc(-c4cc5ccccc5s4)n3)c2)cc1. The Bertz CT molecular complexity index is 3240. The summed E-state index contributed by atoms with van der Waals surface area (Å²) >= 11 is 1.71. The number of aromatic nitrogens is 3. The molecule has 55 heavy (non-hydrogen) atoms. The van der Waals surface area contributed by atoms with Crippen LogP contribution in [0.15, 0.2) is 188 Å². The number of thiophene rings is 1. The summed E-state index contributed by atoms with van der Waals surface area (Å²) in [6, 6.07) is 67.1. The molecule has 0 aliphatic heterocycles. The Morgan fingerprint density at radius 1 is 0.309 bits per heavy atom. The van der Waals surface area contributed by atoms with Crippen molar-refractivity contribution < 1.29 is 0 Å². The molecule has 9 aromatic carbocycles. The van der Waals surface area contributed by atoms with Crippen LogP contribution in [-0.4, -0.2) is 15.0 Å². The number of nitrogens with zero attached hydrogens (tertiary/aromatic N) is 3. The lowest BCUT2D eigenvalue weighted by molar-refractivity contribution is 1.08. The molecule has 11 aromatic rings. The maximum atomic E-state index is 5.19. The lowest BCUT2D eigenvalue weighted by Gasteiger charge is -2.16. The molecule has 0 unspecified atom stereocenters. The monoisotopic (exact) mass is 717 g/mol. The molecule has 0 aliphatic carbocycles. The van der Waals surface area contributed by atoms with Gasteiger partial charge in [-0.3, -0.25) is 0 Å². The molecule has 0 saturated carbocycles. The highest BCUT2D eigenvalue weighted by Gasteiger charge is 2.18.